The first-order valence-corrected chi connectivity index (χ1v) is 5.36. The number of azide groups is 1. The van der Waals surface area contributed by atoms with Crippen molar-refractivity contribution in [1.82, 2.24) is 5.32 Å². The van der Waals surface area contributed by atoms with Gasteiger partial charge >= 0.3 is 5.97 Å². The predicted octanol–water partition coefficient (Wildman–Crippen LogP) is 2.08. The molecule has 0 fully saturated rings. The lowest BCUT2D eigenvalue weighted by molar-refractivity contribution is -0.143. The molecule has 1 atom stereocenters. The average Bonchev–Trinajstić information content (AvgIpc) is 2.37. The van der Waals surface area contributed by atoms with E-state index >= 15 is 0 Å². The number of carbonyl (C=O) groups excluding carboxylic acids is 1. The fourth-order valence-electron chi connectivity index (χ4n) is 1.50. The van der Waals surface area contributed by atoms with Crippen molar-refractivity contribution in [3.8, 4) is 0 Å². The van der Waals surface area contributed by atoms with Crippen molar-refractivity contribution in [2.45, 2.75) is 6.04 Å². The lowest BCUT2D eigenvalue weighted by Gasteiger charge is -2.16. The van der Waals surface area contributed by atoms with Gasteiger partial charge in [0.2, 0.25) is 0 Å². The Hall–Kier alpha value is -2.18. The number of carbonyl (C=O) groups is 1. The molecule has 0 radical (unpaired) electrons. The molecule has 1 unspecified atom stereocenters. The SMILES string of the molecule is COC(=O)C(NCCN=[N+]=[N-])c1cc(F)cc(F)c1. The van der Waals surface area contributed by atoms with Gasteiger partial charge in [-0.2, -0.15) is 0 Å². The standard InChI is InChI=1S/C11H12F2N4O2/c1-19-11(18)10(15-2-3-16-17-14)7-4-8(12)6-9(13)5-7/h4-6,10,15H,2-3H2,1H3. The number of nitrogens with one attached hydrogen (secondary N) is 1. The van der Waals surface area contributed by atoms with E-state index in [4.69, 9.17) is 5.53 Å². The summed E-state index contributed by atoms with van der Waals surface area (Å²) in [7, 11) is 1.17. The van der Waals surface area contributed by atoms with Gasteiger partial charge in [-0.15, -0.1) is 0 Å². The van der Waals surface area contributed by atoms with Crippen molar-refractivity contribution in [3.63, 3.8) is 0 Å². The quantitative estimate of drug-likeness (QED) is 0.282. The molecule has 19 heavy (non-hydrogen) atoms. The predicted molar refractivity (Wildman–Crippen MR) is 63.1 cm³/mol. The van der Waals surface area contributed by atoms with Crippen molar-refractivity contribution < 1.29 is 18.3 Å². The molecule has 0 heterocycles. The van der Waals surface area contributed by atoms with Crippen LogP contribution in [0.1, 0.15) is 11.6 Å². The first kappa shape index (κ1) is 14.9. The van der Waals surface area contributed by atoms with Crippen molar-refractivity contribution in [2.24, 2.45) is 5.11 Å². The van der Waals surface area contributed by atoms with Crippen LogP contribution < -0.4 is 5.32 Å². The van der Waals surface area contributed by atoms with E-state index in [0.717, 1.165) is 12.1 Å². The van der Waals surface area contributed by atoms with Gasteiger partial charge in [-0.1, -0.05) is 5.11 Å². The smallest absolute Gasteiger partial charge is 0.327 e. The monoisotopic (exact) mass is 270 g/mol. The Bertz CT molecular complexity index is 483. The minimum atomic E-state index is -1.02. The second-order valence-electron chi connectivity index (χ2n) is 3.57. The molecule has 0 bridgehead atoms. The summed E-state index contributed by atoms with van der Waals surface area (Å²) in [4.78, 5) is 14.1. The first-order valence-electron chi connectivity index (χ1n) is 5.36. The second kappa shape index (κ2) is 7.30. The van der Waals surface area contributed by atoms with Crippen LogP contribution in [-0.4, -0.2) is 26.2 Å². The molecule has 6 nitrogen and oxygen atoms in total. The molecule has 0 aromatic heterocycles. The minimum absolute atomic E-state index is 0.0990. The zero-order chi connectivity index (χ0) is 14.3. The molecule has 0 saturated carbocycles. The summed E-state index contributed by atoms with van der Waals surface area (Å²) in [6.45, 7) is 0.268. The number of halogens is 2. The Morgan fingerprint density at radius 1 is 1.47 bits per heavy atom. The molecule has 0 aliphatic carbocycles. The molecule has 102 valence electrons. The summed E-state index contributed by atoms with van der Waals surface area (Å²) in [6, 6.07) is 1.75. The normalized spacial score (nSPS) is 11.5. The molecule has 0 saturated heterocycles. The number of methoxy groups -OCH3 is 1. The van der Waals surface area contributed by atoms with Crippen LogP contribution in [0, 0.1) is 11.6 Å². The van der Waals surface area contributed by atoms with E-state index in [1.807, 2.05) is 0 Å². The highest BCUT2D eigenvalue weighted by Gasteiger charge is 2.21. The number of nitrogens with zero attached hydrogens (tertiary/aromatic N) is 3. The number of rotatable bonds is 6. The molecule has 1 N–H and O–H groups in total. The molecule has 1 rings (SSSR count). The van der Waals surface area contributed by atoms with Crippen LogP contribution in [0.4, 0.5) is 8.78 Å². The van der Waals surface area contributed by atoms with Crippen molar-refractivity contribution in [3.05, 3.63) is 45.8 Å². The van der Waals surface area contributed by atoms with Crippen LogP contribution in [0.3, 0.4) is 0 Å². The highest BCUT2D eigenvalue weighted by molar-refractivity contribution is 5.77. The van der Waals surface area contributed by atoms with Crippen LogP contribution in [0.25, 0.3) is 10.4 Å². The molecule has 1 aromatic rings. The summed E-state index contributed by atoms with van der Waals surface area (Å²) in [5, 5.41) is 5.98. The summed E-state index contributed by atoms with van der Waals surface area (Å²) in [5.74, 6) is -2.27. The number of esters is 1. The van der Waals surface area contributed by atoms with Crippen LogP contribution in [0.5, 0.6) is 0 Å². The van der Waals surface area contributed by atoms with Crippen molar-refractivity contribution in [1.29, 1.82) is 0 Å². The van der Waals surface area contributed by atoms with Crippen LogP contribution in [0.15, 0.2) is 23.3 Å². The Kier molecular flexibility index (Phi) is 5.72. The van der Waals surface area contributed by atoms with E-state index in [9.17, 15) is 13.6 Å². The van der Waals surface area contributed by atoms with Gasteiger partial charge in [0, 0.05) is 24.1 Å². The van der Waals surface area contributed by atoms with Crippen LogP contribution in [-0.2, 0) is 9.53 Å². The maximum atomic E-state index is 13.1. The molecule has 8 heteroatoms. The highest BCUT2D eigenvalue weighted by atomic mass is 19.1. The summed E-state index contributed by atoms with van der Waals surface area (Å²) < 4.78 is 30.8. The van der Waals surface area contributed by atoms with Gasteiger partial charge < -0.3 is 10.1 Å². The zero-order valence-electron chi connectivity index (χ0n) is 10.1. The summed E-state index contributed by atoms with van der Waals surface area (Å²) in [5.41, 5.74) is 8.22. The third-order valence-electron chi connectivity index (χ3n) is 2.28. The fourth-order valence-corrected chi connectivity index (χ4v) is 1.50. The fraction of sp³-hybridized carbons (Fsp3) is 0.364. The van der Waals surface area contributed by atoms with Crippen LogP contribution in [0.2, 0.25) is 0 Å². The molecule has 0 aliphatic heterocycles. The molecule has 0 aliphatic rings. The topological polar surface area (TPSA) is 87.1 Å². The van der Waals surface area contributed by atoms with Gasteiger partial charge in [0.05, 0.1) is 7.11 Å². The maximum Gasteiger partial charge on any atom is 0.327 e. The Balaban J connectivity index is 2.89. The Labute approximate surface area is 108 Å². The van der Waals surface area contributed by atoms with E-state index < -0.39 is 23.6 Å². The van der Waals surface area contributed by atoms with Gasteiger partial charge in [0.15, 0.2) is 0 Å². The third kappa shape index (κ3) is 4.53. The molecular formula is C11H12F2N4O2. The highest BCUT2D eigenvalue weighted by Crippen LogP contribution is 2.17. The second-order valence-corrected chi connectivity index (χ2v) is 3.57. The van der Waals surface area contributed by atoms with E-state index in [0.29, 0.717) is 6.07 Å². The van der Waals surface area contributed by atoms with E-state index in [1.54, 1.807) is 0 Å². The largest absolute Gasteiger partial charge is 0.468 e. The van der Waals surface area contributed by atoms with Gasteiger partial charge in [0.1, 0.15) is 17.7 Å². The Morgan fingerprint density at radius 3 is 2.63 bits per heavy atom. The van der Waals surface area contributed by atoms with E-state index in [1.165, 1.54) is 7.11 Å². The molecule has 1 aromatic carbocycles. The minimum Gasteiger partial charge on any atom is -0.468 e. The number of ether oxygens (including phenoxy) is 1. The third-order valence-corrected chi connectivity index (χ3v) is 2.28. The number of benzene rings is 1. The van der Waals surface area contributed by atoms with Gasteiger partial charge in [-0.05, 0) is 23.2 Å². The number of hydrogen-bond donors (Lipinski definition) is 1. The zero-order valence-corrected chi connectivity index (χ0v) is 10.1. The molecule has 0 amide bonds. The van der Waals surface area contributed by atoms with Crippen LogP contribution >= 0.6 is 0 Å². The Morgan fingerprint density at radius 2 is 2.11 bits per heavy atom. The van der Waals surface area contributed by atoms with Gasteiger partial charge in [-0.25, -0.2) is 13.6 Å². The lowest BCUT2D eigenvalue weighted by atomic mass is 10.1. The summed E-state index contributed by atoms with van der Waals surface area (Å²) >= 11 is 0. The first-order chi connectivity index (χ1) is 9.08. The van der Waals surface area contributed by atoms with Gasteiger partial charge in [0.25, 0.3) is 0 Å². The molecule has 0 spiro atoms. The maximum absolute atomic E-state index is 13.1. The van der Waals surface area contributed by atoms with E-state index in [2.05, 4.69) is 20.1 Å². The van der Waals surface area contributed by atoms with E-state index in [-0.39, 0.29) is 18.7 Å². The van der Waals surface area contributed by atoms with Crippen molar-refractivity contribution in [2.75, 3.05) is 20.2 Å². The average molecular weight is 270 g/mol. The summed E-state index contributed by atoms with van der Waals surface area (Å²) in [6.07, 6.45) is 0. The molecular weight excluding hydrogens is 258 g/mol. The number of hydrogen-bond acceptors (Lipinski definition) is 4. The lowest BCUT2D eigenvalue weighted by Crippen LogP contribution is -2.31. The van der Waals surface area contributed by atoms with Crippen molar-refractivity contribution >= 4 is 5.97 Å². The van der Waals surface area contributed by atoms with Gasteiger partial charge in [-0.3, -0.25) is 0 Å².